The maximum atomic E-state index is 12.8. The number of esters is 1. The predicted molar refractivity (Wildman–Crippen MR) is 104 cm³/mol. The van der Waals surface area contributed by atoms with Crippen molar-refractivity contribution in [2.75, 3.05) is 20.8 Å². The molecule has 7 nitrogen and oxygen atoms in total. The third kappa shape index (κ3) is 3.78. The van der Waals surface area contributed by atoms with E-state index in [0.29, 0.717) is 33.9 Å². The molecule has 0 aromatic heterocycles. The summed E-state index contributed by atoms with van der Waals surface area (Å²) in [7, 11) is 3.07. The normalized spacial score (nSPS) is 16.1. The molecule has 0 saturated carbocycles. The Bertz CT molecular complexity index is 908. The summed E-state index contributed by atoms with van der Waals surface area (Å²) >= 11 is 0. The van der Waals surface area contributed by atoms with Crippen molar-refractivity contribution < 1.29 is 23.8 Å². The molecule has 7 heteroatoms. The SMILES string of the molecule is CCOC(=O)C1=C(c2ccccc2)NC(=O)N[C@H]1c1ccc(OC)c(OC)c1. The van der Waals surface area contributed by atoms with Gasteiger partial charge in [-0.2, -0.15) is 0 Å². The standard InChI is InChI=1S/C21H22N2O5/c1-4-28-20(24)17-18(13-8-6-5-7-9-13)22-21(25)23-19(17)14-10-11-15(26-2)16(12-14)27-3/h5-12,19H,4H2,1-3H3,(H2,22,23,25)/t19-/m0/s1. The number of carbonyl (C=O) groups is 2. The largest absolute Gasteiger partial charge is 0.493 e. The Hall–Kier alpha value is -3.48. The Morgan fingerprint density at radius 3 is 2.39 bits per heavy atom. The first-order valence-corrected chi connectivity index (χ1v) is 8.85. The smallest absolute Gasteiger partial charge is 0.338 e. The number of ether oxygens (including phenoxy) is 3. The van der Waals surface area contributed by atoms with Crippen LogP contribution in [-0.2, 0) is 9.53 Å². The van der Waals surface area contributed by atoms with E-state index in [4.69, 9.17) is 14.2 Å². The van der Waals surface area contributed by atoms with Crippen LogP contribution in [0.2, 0.25) is 0 Å². The molecule has 0 spiro atoms. The third-order valence-corrected chi connectivity index (χ3v) is 4.37. The molecule has 146 valence electrons. The van der Waals surface area contributed by atoms with Crippen molar-refractivity contribution in [3.8, 4) is 11.5 Å². The molecule has 0 saturated heterocycles. The zero-order valence-corrected chi connectivity index (χ0v) is 15.9. The Labute approximate surface area is 163 Å². The van der Waals surface area contributed by atoms with Crippen molar-refractivity contribution in [1.82, 2.24) is 10.6 Å². The van der Waals surface area contributed by atoms with Crippen molar-refractivity contribution in [3.63, 3.8) is 0 Å². The molecule has 0 radical (unpaired) electrons. The lowest BCUT2D eigenvalue weighted by molar-refractivity contribution is -0.138. The number of carbonyl (C=O) groups excluding carboxylic acids is 2. The highest BCUT2D eigenvalue weighted by Gasteiger charge is 2.34. The third-order valence-electron chi connectivity index (χ3n) is 4.37. The monoisotopic (exact) mass is 382 g/mol. The van der Waals surface area contributed by atoms with E-state index in [1.165, 1.54) is 7.11 Å². The van der Waals surface area contributed by atoms with Crippen LogP contribution in [0, 0.1) is 0 Å². The molecular weight excluding hydrogens is 360 g/mol. The molecule has 0 unspecified atom stereocenters. The fraction of sp³-hybridized carbons (Fsp3) is 0.238. The number of benzene rings is 2. The van der Waals surface area contributed by atoms with Gasteiger partial charge in [0.25, 0.3) is 0 Å². The lowest BCUT2D eigenvalue weighted by Gasteiger charge is -2.29. The molecule has 0 fully saturated rings. The van der Waals surface area contributed by atoms with E-state index in [0.717, 1.165) is 0 Å². The number of rotatable bonds is 6. The van der Waals surface area contributed by atoms with Crippen molar-refractivity contribution in [3.05, 3.63) is 65.2 Å². The van der Waals surface area contributed by atoms with Gasteiger partial charge < -0.3 is 24.8 Å². The van der Waals surface area contributed by atoms with Crippen molar-refractivity contribution in [2.45, 2.75) is 13.0 Å². The van der Waals surface area contributed by atoms with E-state index in [-0.39, 0.29) is 6.61 Å². The molecule has 1 aliphatic heterocycles. The fourth-order valence-electron chi connectivity index (χ4n) is 3.11. The van der Waals surface area contributed by atoms with Crippen molar-refractivity contribution >= 4 is 17.7 Å². The Balaban J connectivity index is 2.17. The van der Waals surface area contributed by atoms with Gasteiger partial charge in [-0.05, 0) is 30.2 Å². The van der Waals surface area contributed by atoms with Gasteiger partial charge in [-0.15, -0.1) is 0 Å². The minimum absolute atomic E-state index is 0.219. The Morgan fingerprint density at radius 1 is 1.04 bits per heavy atom. The first kappa shape index (κ1) is 19.3. The van der Waals surface area contributed by atoms with Gasteiger partial charge in [0.05, 0.1) is 38.1 Å². The van der Waals surface area contributed by atoms with Gasteiger partial charge in [-0.25, -0.2) is 9.59 Å². The Morgan fingerprint density at radius 2 is 1.75 bits per heavy atom. The van der Waals surface area contributed by atoms with Crippen LogP contribution in [0.25, 0.3) is 5.70 Å². The van der Waals surface area contributed by atoms with E-state index in [1.54, 1.807) is 32.2 Å². The van der Waals surface area contributed by atoms with Crippen LogP contribution in [0.4, 0.5) is 4.79 Å². The average Bonchev–Trinajstić information content (AvgIpc) is 2.73. The van der Waals surface area contributed by atoms with Crippen molar-refractivity contribution in [2.24, 2.45) is 0 Å². The summed E-state index contributed by atoms with van der Waals surface area (Å²) in [4.78, 5) is 25.2. The molecule has 0 aliphatic carbocycles. The topological polar surface area (TPSA) is 85.9 Å². The molecule has 1 heterocycles. The number of methoxy groups -OCH3 is 2. The van der Waals surface area contributed by atoms with Crippen molar-refractivity contribution in [1.29, 1.82) is 0 Å². The lowest BCUT2D eigenvalue weighted by Crippen LogP contribution is -2.45. The molecule has 3 rings (SSSR count). The van der Waals surface area contributed by atoms with Crippen LogP contribution < -0.4 is 20.1 Å². The number of amides is 2. The van der Waals surface area contributed by atoms with E-state index in [1.807, 2.05) is 30.3 Å². The number of hydrogen-bond donors (Lipinski definition) is 2. The average molecular weight is 382 g/mol. The fourth-order valence-corrected chi connectivity index (χ4v) is 3.11. The van der Waals surface area contributed by atoms with Gasteiger partial charge in [0.2, 0.25) is 0 Å². The van der Waals surface area contributed by atoms with Crippen LogP contribution in [-0.4, -0.2) is 32.8 Å². The number of hydrogen-bond acceptors (Lipinski definition) is 5. The minimum atomic E-state index is -0.706. The van der Waals surface area contributed by atoms with Crippen LogP contribution in [0.5, 0.6) is 11.5 Å². The summed E-state index contributed by atoms with van der Waals surface area (Å²) in [5.74, 6) is 0.544. The van der Waals surface area contributed by atoms with Gasteiger partial charge in [-0.3, -0.25) is 0 Å². The van der Waals surface area contributed by atoms with Gasteiger partial charge in [0.15, 0.2) is 11.5 Å². The first-order valence-electron chi connectivity index (χ1n) is 8.85. The predicted octanol–water partition coefficient (Wildman–Crippen LogP) is 3.03. The highest BCUT2D eigenvalue weighted by Crippen LogP contribution is 2.36. The van der Waals surface area contributed by atoms with Crippen LogP contribution >= 0.6 is 0 Å². The molecule has 1 atom stereocenters. The zero-order valence-electron chi connectivity index (χ0n) is 15.9. The van der Waals surface area contributed by atoms with E-state index >= 15 is 0 Å². The molecule has 2 aromatic rings. The summed E-state index contributed by atoms with van der Waals surface area (Å²) in [6, 6.07) is 13.3. The molecule has 28 heavy (non-hydrogen) atoms. The number of urea groups is 1. The maximum absolute atomic E-state index is 12.8. The molecule has 0 bridgehead atoms. The molecule has 1 aliphatic rings. The summed E-state index contributed by atoms with van der Waals surface area (Å²) in [6.07, 6.45) is 0. The summed E-state index contributed by atoms with van der Waals surface area (Å²) in [5.41, 5.74) is 2.12. The van der Waals surface area contributed by atoms with Gasteiger partial charge in [0.1, 0.15) is 0 Å². The molecule has 2 aromatic carbocycles. The quantitative estimate of drug-likeness (QED) is 0.750. The highest BCUT2D eigenvalue weighted by atomic mass is 16.5. The first-order chi connectivity index (χ1) is 13.6. The van der Waals surface area contributed by atoms with Crippen LogP contribution in [0.1, 0.15) is 24.1 Å². The second kappa shape index (κ2) is 8.47. The highest BCUT2D eigenvalue weighted by molar-refractivity contribution is 6.04. The maximum Gasteiger partial charge on any atom is 0.338 e. The summed E-state index contributed by atoms with van der Waals surface area (Å²) in [5, 5.41) is 5.55. The second-order valence-electron chi connectivity index (χ2n) is 6.02. The lowest BCUT2D eigenvalue weighted by atomic mass is 9.92. The van der Waals surface area contributed by atoms with Gasteiger partial charge >= 0.3 is 12.0 Å². The minimum Gasteiger partial charge on any atom is -0.493 e. The van der Waals surface area contributed by atoms with Crippen LogP contribution in [0.15, 0.2) is 54.1 Å². The molecule has 2 amide bonds. The van der Waals surface area contributed by atoms with Gasteiger partial charge in [-0.1, -0.05) is 36.4 Å². The zero-order chi connectivity index (χ0) is 20.1. The summed E-state index contributed by atoms with van der Waals surface area (Å²) < 4.78 is 15.9. The van der Waals surface area contributed by atoms with E-state index in [9.17, 15) is 9.59 Å². The Kier molecular flexibility index (Phi) is 5.84. The van der Waals surface area contributed by atoms with Crippen LogP contribution in [0.3, 0.4) is 0 Å². The van der Waals surface area contributed by atoms with Gasteiger partial charge in [0, 0.05) is 0 Å². The summed E-state index contributed by atoms with van der Waals surface area (Å²) in [6.45, 7) is 1.96. The second-order valence-corrected chi connectivity index (χ2v) is 6.02. The van der Waals surface area contributed by atoms with E-state index in [2.05, 4.69) is 10.6 Å². The number of nitrogens with one attached hydrogen (secondary N) is 2. The van der Waals surface area contributed by atoms with E-state index < -0.39 is 18.0 Å². The molecule has 2 N–H and O–H groups in total. The molecular formula is C21H22N2O5.